The van der Waals surface area contributed by atoms with E-state index < -0.39 is 12.1 Å². The second-order valence-corrected chi connectivity index (χ2v) is 7.45. The molecule has 11 heteroatoms. The number of carbonyl (C=O) groups is 2. The molecule has 0 radical (unpaired) electrons. The number of fused-ring (bicyclic) bond motifs is 1. The maximum Gasteiger partial charge on any atom is 0.490 e. The SMILES string of the molecule is O=C(O)C(F)(F)F.O=C(c1cnccn1)N1CC2CN(Cc3cccc(F)c3)CC2C1. The highest BCUT2D eigenvalue weighted by molar-refractivity contribution is 5.92. The molecule has 7 nitrogen and oxygen atoms in total. The van der Waals surface area contributed by atoms with E-state index in [2.05, 4.69) is 14.9 Å². The Hall–Kier alpha value is -3.08. The van der Waals surface area contributed by atoms with Gasteiger partial charge in [0.05, 0.1) is 6.20 Å². The molecule has 1 aromatic heterocycles. The highest BCUT2D eigenvalue weighted by Gasteiger charge is 2.41. The topological polar surface area (TPSA) is 86.6 Å². The molecule has 2 aliphatic heterocycles. The fraction of sp³-hybridized carbons (Fsp3) is 0.400. The van der Waals surface area contributed by atoms with Crippen LogP contribution < -0.4 is 0 Å². The Kier molecular flexibility index (Phi) is 6.84. The average molecular weight is 440 g/mol. The van der Waals surface area contributed by atoms with E-state index in [4.69, 9.17) is 9.90 Å². The Morgan fingerprint density at radius 1 is 1.10 bits per heavy atom. The fourth-order valence-corrected chi connectivity index (χ4v) is 3.85. The van der Waals surface area contributed by atoms with Gasteiger partial charge >= 0.3 is 12.1 Å². The van der Waals surface area contributed by atoms with Crippen LogP contribution >= 0.6 is 0 Å². The molecular formula is C20H20F4N4O3. The molecule has 2 aliphatic rings. The Bertz CT molecular complexity index is 912. The van der Waals surface area contributed by atoms with E-state index in [0.717, 1.165) is 38.3 Å². The highest BCUT2D eigenvalue weighted by Crippen LogP contribution is 2.32. The molecule has 1 amide bonds. The van der Waals surface area contributed by atoms with Crippen molar-refractivity contribution in [2.45, 2.75) is 12.7 Å². The number of aromatic nitrogens is 2. The lowest BCUT2D eigenvalue weighted by molar-refractivity contribution is -0.192. The molecule has 0 saturated carbocycles. The van der Waals surface area contributed by atoms with E-state index in [9.17, 15) is 22.4 Å². The lowest BCUT2D eigenvalue weighted by Gasteiger charge is -2.21. The van der Waals surface area contributed by atoms with Crippen LogP contribution in [0.4, 0.5) is 17.6 Å². The summed E-state index contributed by atoms with van der Waals surface area (Å²) < 4.78 is 45.0. The lowest BCUT2D eigenvalue weighted by Crippen LogP contribution is -2.33. The molecule has 2 fully saturated rings. The van der Waals surface area contributed by atoms with Crippen LogP contribution in [-0.4, -0.2) is 69.1 Å². The minimum Gasteiger partial charge on any atom is -0.475 e. The first-order valence-corrected chi connectivity index (χ1v) is 9.45. The largest absolute Gasteiger partial charge is 0.490 e. The molecule has 4 rings (SSSR count). The summed E-state index contributed by atoms with van der Waals surface area (Å²) >= 11 is 0. The molecule has 166 valence electrons. The number of rotatable bonds is 3. The van der Waals surface area contributed by atoms with Crippen LogP contribution in [0.3, 0.4) is 0 Å². The monoisotopic (exact) mass is 440 g/mol. The summed E-state index contributed by atoms with van der Waals surface area (Å²) in [4.78, 5) is 33.7. The number of alkyl halides is 3. The van der Waals surface area contributed by atoms with Crippen LogP contribution in [0.2, 0.25) is 0 Å². The normalized spacial score (nSPS) is 20.7. The van der Waals surface area contributed by atoms with E-state index in [1.165, 1.54) is 12.3 Å². The smallest absolute Gasteiger partial charge is 0.475 e. The predicted molar refractivity (Wildman–Crippen MR) is 100 cm³/mol. The molecule has 0 aliphatic carbocycles. The van der Waals surface area contributed by atoms with Crippen molar-refractivity contribution >= 4 is 11.9 Å². The average Bonchev–Trinajstić information content (AvgIpc) is 3.26. The second-order valence-electron chi connectivity index (χ2n) is 7.45. The van der Waals surface area contributed by atoms with E-state index in [-0.39, 0.29) is 11.7 Å². The maximum atomic E-state index is 13.3. The van der Waals surface area contributed by atoms with Crippen molar-refractivity contribution in [1.29, 1.82) is 0 Å². The summed E-state index contributed by atoms with van der Waals surface area (Å²) in [5.41, 5.74) is 1.41. The maximum absolute atomic E-state index is 13.3. The highest BCUT2D eigenvalue weighted by atomic mass is 19.4. The summed E-state index contributed by atoms with van der Waals surface area (Å²) in [6.45, 7) is 4.19. The molecule has 3 heterocycles. The molecule has 1 N–H and O–H groups in total. The summed E-state index contributed by atoms with van der Waals surface area (Å²) in [7, 11) is 0. The number of likely N-dealkylation sites (tertiary alicyclic amines) is 2. The van der Waals surface area contributed by atoms with Crippen LogP contribution in [0.1, 0.15) is 16.1 Å². The van der Waals surface area contributed by atoms with Gasteiger partial charge in [-0.25, -0.2) is 14.2 Å². The zero-order valence-electron chi connectivity index (χ0n) is 16.3. The lowest BCUT2D eigenvalue weighted by atomic mass is 10.0. The van der Waals surface area contributed by atoms with E-state index >= 15 is 0 Å². The van der Waals surface area contributed by atoms with Gasteiger partial charge < -0.3 is 10.0 Å². The molecule has 1 aromatic carbocycles. The predicted octanol–water partition coefficient (Wildman–Crippen LogP) is 2.45. The van der Waals surface area contributed by atoms with Crippen molar-refractivity contribution < 1.29 is 32.3 Å². The molecule has 2 unspecified atom stereocenters. The number of aliphatic carboxylic acids is 1. The molecule has 0 spiro atoms. The zero-order valence-corrected chi connectivity index (χ0v) is 16.3. The quantitative estimate of drug-likeness (QED) is 0.738. The Morgan fingerprint density at radius 3 is 2.26 bits per heavy atom. The van der Waals surface area contributed by atoms with E-state index in [1.807, 2.05) is 11.0 Å². The summed E-state index contributed by atoms with van der Waals surface area (Å²) in [6.07, 6.45) is -0.447. The van der Waals surface area contributed by atoms with Gasteiger partial charge in [0.15, 0.2) is 0 Å². The molecule has 31 heavy (non-hydrogen) atoms. The first-order chi connectivity index (χ1) is 14.6. The number of hydrogen-bond acceptors (Lipinski definition) is 5. The summed E-state index contributed by atoms with van der Waals surface area (Å²) in [5, 5.41) is 7.12. The van der Waals surface area contributed by atoms with Crippen molar-refractivity contribution in [1.82, 2.24) is 19.8 Å². The first-order valence-electron chi connectivity index (χ1n) is 9.45. The van der Waals surface area contributed by atoms with E-state index in [1.54, 1.807) is 24.5 Å². The Labute approximate surface area is 175 Å². The van der Waals surface area contributed by atoms with Crippen LogP contribution in [-0.2, 0) is 11.3 Å². The fourth-order valence-electron chi connectivity index (χ4n) is 3.85. The third-order valence-corrected chi connectivity index (χ3v) is 5.17. The van der Waals surface area contributed by atoms with Crippen LogP contribution in [0.25, 0.3) is 0 Å². The van der Waals surface area contributed by atoms with Crippen LogP contribution in [0.5, 0.6) is 0 Å². The van der Waals surface area contributed by atoms with Crippen molar-refractivity contribution in [2.24, 2.45) is 11.8 Å². The number of carboxylic acids is 1. The van der Waals surface area contributed by atoms with Gasteiger partial charge in [0.25, 0.3) is 5.91 Å². The number of amides is 1. The number of carboxylic acid groups (broad SMARTS) is 1. The van der Waals surface area contributed by atoms with Crippen molar-refractivity contribution in [3.8, 4) is 0 Å². The van der Waals surface area contributed by atoms with Gasteiger partial charge in [-0.3, -0.25) is 14.7 Å². The van der Waals surface area contributed by atoms with Crippen molar-refractivity contribution in [2.75, 3.05) is 26.2 Å². The Balaban J connectivity index is 0.000000339. The molecule has 2 atom stereocenters. The van der Waals surface area contributed by atoms with Crippen molar-refractivity contribution in [3.05, 3.63) is 59.9 Å². The van der Waals surface area contributed by atoms with Gasteiger partial charge in [-0.05, 0) is 29.5 Å². The number of carbonyl (C=O) groups excluding carboxylic acids is 1. The third kappa shape index (κ3) is 5.97. The van der Waals surface area contributed by atoms with Gasteiger partial charge in [-0.2, -0.15) is 13.2 Å². The number of nitrogens with zero attached hydrogens (tertiary/aromatic N) is 4. The van der Waals surface area contributed by atoms with E-state index in [0.29, 0.717) is 17.5 Å². The number of halogens is 4. The van der Waals surface area contributed by atoms with Gasteiger partial charge in [-0.1, -0.05) is 12.1 Å². The zero-order chi connectivity index (χ0) is 22.6. The van der Waals surface area contributed by atoms with Crippen molar-refractivity contribution in [3.63, 3.8) is 0 Å². The number of hydrogen-bond donors (Lipinski definition) is 1. The molecule has 2 aromatic rings. The molecule has 0 bridgehead atoms. The van der Waals surface area contributed by atoms with Crippen LogP contribution in [0.15, 0.2) is 42.9 Å². The van der Waals surface area contributed by atoms with Gasteiger partial charge in [-0.15, -0.1) is 0 Å². The summed E-state index contributed by atoms with van der Waals surface area (Å²) in [6, 6.07) is 6.78. The van der Waals surface area contributed by atoms with Gasteiger partial charge in [0.1, 0.15) is 11.5 Å². The summed E-state index contributed by atoms with van der Waals surface area (Å²) in [5.74, 6) is -2.01. The molecule has 2 saturated heterocycles. The van der Waals surface area contributed by atoms with Gasteiger partial charge in [0.2, 0.25) is 0 Å². The minimum atomic E-state index is -5.08. The number of benzene rings is 1. The Morgan fingerprint density at radius 2 is 1.74 bits per heavy atom. The van der Waals surface area contributed by atoms with Gasteiger partial charge in [0, 0.05) is 45.1 Å². The third-order valence-electron chi connectivity index (χ3n) is 5.17. The minimum absolute atomic E-state index is 0.0332. The second kappa shape index (κ2) is 9.38. The van der Waals surface area contributed by atoms with Crippen LogP contribution in [0, 0.1) is 17.7 Å². The standard InChI is InChI=1S/C18H19FN4O.C2HF3O2/c19-16-3-1-2-13(6-16)8-22-9-14-11-23(12-15(14)10-22)18(24)17-7-20-4-5-21-17;3-2(4,5)1(6)7/h1-7,14-15H,8-12H2;(H,6,7). The molecular weight excluding hydrogens is 420 g/mol. The first kappa shape index (κ1) is 22.6.